The molecule has 1 unspecified atom stereocenters. The number of benzene rings is 2. The van der Waals surface area contributed by atoms with Crippen molar-refractivity contribution in [2.24, 2.45) is 16.3 Å². The number of hydrogen-bond acceptors (Lipinski definition) is 6. The van der Waals surface area contributed by atoms with E-state index in [0.717, 1.165) is 42.5 Å². The number of rotatable bonds is 7. The van der Waals surface area contributed by atoms with Crippen LogP contribution in [0.3, 0.4) is 0 Å². The van der Waals surface area contributed by atoms with E-state index in [2.05, 4.69) is 13.8 Å². The molecule has 1 aliphatic heterocycles. The molecule has 5 rings (SSSR count). The largest absolute Gasteiger partial charge is 0.493 e. The first-order chi connectivity index (χ1) is 18.8. The lowest BCUT2D eigenvalue weighted by Crippen LogP contribution is -2.40. The van der Waals surface area contributed by atoms with Gasteiger partial charge in [0.15, 0.2) is 17.3 Å². The van der Waals surface area contributed by atoms with Gasteiger partial charge in [0.2, 0.25) is 0 Å². The van der Waals surface area contributed by atoms with Gasteiger partial charge in [-0.2, -0.15) is 0 Å². The summed E-state index contributed by atoms with van der Waals surface area (Å²) < 4.78 is 17.9. The average molecular weight is 530 g/mol. The molecule has 0 saturated heterocycles. The number of allylic oxidation sites excluding steroid dienone is 2. The fourth-order valence-electron chi connectivity index (χ4n) is 6.26. The van der Waals surface area contributed by atoms with Gasteiger partial charge in [-0.05, 0) is 67.7 Å². The molecule has 206 valence electrons. The number of methoxy groups -OCH3 is 1. The number of carbonyl (C=O) groups is 2. The van der Waals surface area contributed by atoms with Crippen molar-refractivity contribution >= 4 is 17.5 Å². The summed E-state index contributed by atoms with van der Waals surface area (Å²) in [4.78, 5) is 32.3. The lowest BCUT2D eigenvalue weighted by molar-refractivity contribution is -0.153. The Kier molecular flexibility index (Phi) is 7.92. The van der Waals surface area contributed by atoms with Crippen LogP contribution in [-0.4, -0.2) is 30.7 Å². The molecule has 3 aliphatic rings. The first-order valence-electron chi connectivity index (χ1n) is 14.1. The summed E-state index contributed by atoms with van der Waals surface area (Å²) in [6.07, 6.45) is 6.16. The normalized spacial score (nSPS) is 23.1. The van der Waals surface area contributed by atoms with Crippen molar-refractivity contribution in [3.8, 4) is 11.5 Å². The highest BCUT2D eigenvalue weighted by Crippen LogP contribution is 2.49. The van der Waals surface area contributed by atoms with Crippen LogP contribution in [0.4, 0.5) is 0 Å². The van der Waals surface area contributed by atoms with Crippen LogP contribution in [0.1, 0.15) is 82.8 Å². The maximum atomic E-state index is 13.8. The Balaban J connectivity index is 1.51. The minimum absolute atomic E-state index is 0.0568. The standard InChI is InChI=1S/C33H39NO5/c1-21-29(32(36)39-24-13-9-6-10-14-24)30(31-25(34-21)18-33(2,3)19-26(31)35)23-15-16-27(28(17-23)37-4)38-20-22-11-7-5-8-12-22/h5,7-8,11-12,15-17,24,29-30H,6,9-10,13-14,18-20H2,1-4H3/t29?,30-/m0/s1. The number of esters is 1. The minimum atomic E-state index is -0.656. The van der Waals surface area contributed by atoms with Crippen LogP contribution < -0.4 is 9.47 Å². The number of carbonyl (C=O) groups excluding carboxylic acids is 2. The highest BCUT2D eigenvalue weighted by molar-refractivity contribution is 6.09. The Morgan fingerprint density at radius 2 is 1.74 bits per heavy atom. The molecule has 2 aliphatic carbocycles. The Labute approximate surface area is 231 Å². The highest BCUT2D eigenvalue weighted by Gasteiger charge is 2.46. The molecule has 1 saturated carbocycles. The molecule has 0 bridgehead atoms. The molecular formula is C33H39NO5. The second kappa shape index (κ2) is 11.4. The van der Waals surface area contributed by atoms with Gasteiger partial charge < -0.3 is 14.2 Å². The van der Waals surface area contributed by atoms with Crippen molar-refractivity contribution in [2.75, 3.05) is 7.11 Å². The molecule has 0 amide bonds. The van der Waals surface area contributed by atoms with Crippen molar-refractivity contribution in [1.82, 2.24) is 0 Å². The van der Waals surface area contributed by atoms with E-state index >= 15 is 0 Å². The zero-order chi connectivity index (χ0) is 27.6. The lowest BCUT2D eigenvalue weighted by Gasteiger charge is -2.39. The Bertz CT molecular complexity index is 1290. The maximum Gasteiger partial charge on any atom is 0.315 e. The first-order valence-corrected chi connectivity index (χ1v) is 14.1. The van der Waals surface area contributed by atoms with E-state index in [4.69, 9.17) is 19.2 Å². The second-order valence-corrected chi connectivity index (χ2v) is 11.9. The zero-order valence-electron chi connectivity index (χ0n) is 23.5. The summed E-state index contributed by atoms with van der Waals surface area (Å²) in [5.74, 6) is -0.195. The van der Waals surface area contributed by atoms with Crippen molar-refractivity contribution in [3.63, 3.8) is 0 Å². The number of ether oxygens (including phenoxy) is 3. The van der Waals surface area contributed by atoms with E-state index in [-0.39, 0.29) is 23.3 Å². The van der Waals surface area contributed by atoms with E-state index in [9.17, 15) is 9.59 Å². The summed E-state index contributed by atoms with van der Waals surface area (Å²) in [5, 5.41) is 0. The van der Waals surface area contributed by atoms with Gasteiger partial charge >= 0.3 is 5.97 Å². The monoisotopic (exact) mass is 529 g/mol. The van der Waals surface area contributed by atoms with Gasteiger partial charge in [-0.1, -0.05) is 56.7 Å². The molecule has 0 spiro atoms. The smallest absolute Gasteiger partial charge is 0.315 e. The summed E-state index contributed by atoms with van der Waals surface area (Å²) in [6.45, 7) is 6.49. The van der Waals surface area contributed by atoms with E-state index in [1.54, 1.807) is 7.11 Å². The first kappa shape index (κ1) is 27.2. The summed E-state index contributed by atoms with van der Waals surface area (Å²) in [7, 11) is 1.61. The lowest BCUT2D eigenvalue weighted by atomic mass is 9.67. The highest BCUT2D eigenvalue weighted by atomic mass is 16.5. The van der Waals surface area contributed by atoms with E-state index < -0.39 is 11.8 Å². The molecule has 2 aromatic carbocycles. The number of hydrogen-bond donors (Lipinski definition) is 0. The van der Waals surface area contributed by atoms with Crippen LogP contribution in [-0.2, 0) is 20.9 Å². The number of nitrogens with zero attached hydrogens (tertiary/aromatic N) is 1. The Hall–Kier alpha value is -3.41. The fraction of sp³-hybridized carbons (Fsp3) is 0.485. The molecule has 6 heteroatoms. The van der Waals surface area contributed by atoms with Gasteiger partial charge in [0.05, 0.1) is 7.11 Å². The average Bonchev–Trinajstić information content (AvgIpc) is 2.91. The van der Waals surface area contributed by atoms with Crippen LogP contribution in [0.2, 0.25) is 0 Å². The molecule has 1 fully saturated rings. The minimum Gasteiger partial charge on any atom is -0.493 e. The van der Waals surface area contributed by atoms with Crippen molar-refractivity contribution < 1.29 is 23.8 Å². The third-order valence-corrected chi connectivity index (χ3v) is 8.18. The predicted octanol–water partition coefficient (Wildman–Crippen LogP) is 6.97. The van der Waals surface area contributed by atoms with Gasteiger partial charge in [0.25, 0.3) is 0 Å². The zero-order valence-corrected chi connectivity index (χ0v) is 23.5. The molecule has 2 aromatic rings. The van der Waals surface area contributed by atoms with Gasteiger partial charge in [0, 0.05) is 29.3 Å². The van der Waals surface area contributed by atoms with E-state index in [1.807, 2.05) is 55.5 Å². The summed E-state index contributed by atoms with van der Waals surface area (Å²) >= 11 is 0. The van der Waals surface area contributed by atoms with E-state index in [1.165, 1.54) is 6.42 Å². The van der Waals surface area contributed by atoms with Crippen LogP contribution in [0.5, 0.6) is 11.5 Å². The summed E-state index contributed by atoms with van der Waals surface area (Å²) in [6, 6.07) is 15.7. The van der Waals surface area contributed by atoms with Crippen LogP contribution >= 0.6 is 0 Å². The third-order valence-electron chi connectivity index (χ3n) is 8.18. The molecule has 2 atom stereocenters. The van der Waals surface area contributed by atoms with Gasteiger partial charge in [-0.25, -0.2) is 0 Å². The number of Topliss-reactive ketones (excluding diaryl/α,β-unsaturated/α-hetero) is 1. The molecule has 0 N–H and O–H groups in total. The van der Waals surface area contributed by atoms with Crippen LogP contribution in [0.25, 0.3) is 0 Å². The van der Waals surface area contributed by atoms with Crippen LogP contribution in [0, 0.1) is 11.3 Å². The fourth-order valence-corrected chi connectivity index (χ4v) is 6.26. The molecule has 6 nitrogen and oxygen atoms in total. The molecular weight excluding hydrogens is 490 g/mol. The van der Waals surface area contributed by atoms with Crippen molar-refractivity contribution in [3.05, 3.63) is 70.9 Å². The molecule has 0 aromatic heterocycles. The molecule has 39 heavy (non-hydrogen) atoms. The predicted molar refractivity (Wildman–Crippen MR) is 151 cm³/mol. The Morgan fingerprint density at radius 1 is 1.00 bits per heavy atom. The number of aliphatic imine (C=N–C) groups is 1. The quantitative estimate of drug-likeness (QED) is 0.362. The van der Waals surface area contributed by atoms with Crippen molar-refractivity contribution in [2.45, 2.75) is 84.3 Å². The third kappa shape index (κ3) is 5.95. The summed E-state index contributed by atoms with van der Waals surface area (Å²) in [5.41, 5.74) is 3.85. The molecule has 0 radical (unpaired) electrons. The second-order valence-electron chi connectivity index (χ2n) is 11.9. The van der Waals surface area contributed by atoms with Crippen molar-refractivity contribution in [1.29, 1.82) is 0 Å². The Morgan fingerprint density at radius 3 is 2.46 bits per heavy atom. The van der Waals surface area contributed by atoms with Gasteiger partial charge in [-0.3, -0.25) is 14.6 Å². The molecule has 1 heterocycles. The van der Waals surface area contributed by atoms with Gasteiger partial charge in [-0.15, -0.1) is 0 Å². The van der Waals surface area contributed by atoms with E-state index in [0.29, 0.717) is 42.2 Å². The number of ketones is 1. The SMILES string of the molecule is COc1cc([C@@H]2C3=C(CC(C)(C)CC3=O)N=C(C)C2C(=O)OC2CCCCC2)ccc1OCc1ccccc1. The van der Waals surface area contributed by atoms with Crippen LogP contribution in [0.15, 0.2) is 64.8 Å². The topological polar surface area (TPSA) is 74.2 Å². The maximum absolute atomic E-state index is 13.8. The van der Waals surface area contributed by atoms with Gasteiger partial charge in [0.1, 0.15) is 18.6 Å².